The zero-order valence-corrected chi connectivity index (χ0v) is 7.96. The van der Waals surface area contributed by atoms with Gasteiger partial charge in [0, 0.05) is 24.0 Å². The molecule has 0 N–H and O–H groups in total. The second kappa shape index (κ2) is 3.91. The molecule has 0 spiro atoms. The summed E-state index contributed by atoms with van der Waals surface area (Å²) in [5.41, 5.74) is 0.940. The molecule has 0 aliphatic carbocycles. The molecule has 0 bridgehead atoms. The number of hydrogen-bond acceptors (Lipinski definition) is 3. The molecule has 0 radical (unpaired) electrons. The summed E-state index contributed by atoms with van der Waals surface area (Å²) in [6, 6.07) is 3.76. The van der Waals surface area contributed by atoms with Crippen LogP contribution < -0.4 is 4.68 Å². The fourth-order valence-corrected chi connectivity index (χ4v) is 1.15. The van der Waals surface area contributed by atoms with Gasteiger partial charge in [0.15, 0.2) is 18.6 Å². The Kier molecular flexibility index (Phi) is 2.44. The van der Waals surface area contributed by atoms with E-state index in [4.69, 9.17) is 0 Å². The third-order valence-electron chi connectivity index (χ3n) is 1.92. The maximum absolute atomic E-state index is 4.21. The summed E-state index contributed by atoms with van der Waals surface area (Å²) in [5, 5.41) is 4.21. The molecule has 70 valence electrons. The number of aryl methyl sites for hydroxylation is 1. The van der Waals surface area contributed by atoms with Crippen LogP contribution in [0.2, 0.25) is 0 Å². The van der Waals surface area contributed by atoms with Crippen molar-refractivity contribution in [2.75, 3.05) is 0 Å². The molecule has 0 atom stereocenters. The predicted octanol–water partition coefficient (Wildman–Crippen LogP) is 0.846. The highest BCUT2D eigenvalue weighted by atomic mass is 15.2. The van der Waals surface area contributed by atoms with Gasteiger partial charge in [0.05, 0.1) is 0 Å². The fraction of sp³-hybridized carbons (Fsp3) is 0.200. The van der Waals surface area contributed by atoms with Gasteiger partial charge in [0.25, 0.3) is 0 Å². The predicted molar refractivity (Wildman–Crippen MR) is 51.1 cm³/mol. The van der Waals surface area contributed by atoms with Crippen LogP contribution in [0, 0.1) is 0 Å². The first-order chi connectivity index (χ1) is 6.90. The van der Waals surface area contributed by atoms with Crippen LogP contribution in [-0.2, 0) is 6.54 Å². The molecule has 0 saturated heterocycles. The van der Waals surface area contributed by atoms with Gasteiger partial charge in [-0.05, 0) is 18.1 Å². The summed E-state index contributed by atoms with van der Waals surface area (Å²) in [7, 11) is 0. The van der Waals surface area contributed by atoms with E-state index in [1.54, 1.807) is 24.7 Å². The van der Waals surface area contributed by atoms with E-state index in [0.29, 0.717) is 5.82 Å². The Hall–Kier alpha value is -1.84. The van der Waals surface area contributed by atoms with Crippen molar-refractivity contribution < 1.29 is 4.68 Å². The van der Waals surface area contributed by atoms with Gasteiger partial charge in [-0.1, -0.05) is 4.68 Å². The van der Waals surface area contributed by atoms with Gasteiger partial charge in [-0.3, -0.25) is 0 Å². The summed E-state index contributed by atoms with van der Waals surface area (Å²) in [4.78, 5) is 8.29. The van der Waals surface area contributed by atoms with E-state index in [2.05, 4.69) is 15.1 Å². The molecule has 0 fully saturated rings. The molecular formula is C10H11N4+. The van der Waals surface area contributed by atoms with Gasteiger partial charge < -0.3 is 0 Å². The topological polar surface area (TPSA) is 42.5 Å². The Morgan fingerprint density at radius 3 is 2.64 bits per heavy atom. The number of rotatable bonds is 2. The number of hydrogen-bond donors (Lipinski definition) is 0. The normalized spacial score (nSPS) is 10.1. The van der Waals surface area contributed by atoms with Crippen molar-refractivity contribution in [2.45, 2.75) is 13.5 Å². The Bertz CT molecular complexity index is 396. The first kappa shape index (κ1) is 8.74. The second-order valence-corrected chi connectivity index (χ2v) is 2.84. The minimum atomic E-state index is 0.711. The maximum atomic E-state index is 4.21. The molecule has 2 heterocycles. The maximum Gasteiger partial charge on any atom is 0.197 e. The standard InChI is InChI=1S/C10H11N4/c1-2-14-7-4-9(8-13-14)10-11-5-3-6-12-10/h3-8H,2H2,1H3/q+1. The lowest BCUT2D eigenvalue weighted by Gasteiger charge is -1.95. The van der Waals surface area contributed by atoms with E-state index in [1.165, 1.54) is 0 Å². The van der Waals surface area contributed by atoms with E-state index < -0.39 is 0 Å². The van der Waals surface area contributed by atoms with Crippen molar-refractivity contribution in [3.05, 3.63) is 36.9 Å². The van der Waals surface area contributed by atoms with Crippen LogP contribution in [-0.4, -0.2) is 15.1 Å². The van der Waals surface area contributed by atoms with Crippen LogP contribution in [0.3, 0.4) is 0 Å². The third kappa shape index (κ3) is 1.74. The molecule has 4 nitrogen and oxygen atoms in total. The van der Waals surface area contributed by atoms with Gasteiger partial charge in [-0.25, -0.2) is 9.97 Å². The molecule has 0 unspecified atom stereocenters. The average Bonchev–Trinajstić information content (AvgIpc) is 2.30. The molecular weight excluding hydrogens is 176 g/mol. The highest BCUT2D eigenvalue weighted by Gasteiger charge is 2.03. The molecule has 0 aliphatic rings. The molecule has 14 heavy (non-hydrogen) atoms. The smallest absolute Gasteiger partial charge is 0.197 e. The Morgan fingerprint density at radius 2 is 2.07 bits per heavy atom. The number of nitrogens with zero attached hydrogens (tertiary/aromatic N) is 4. The highest BCUT2D eigenvalue weighted by molar-refractivity contribution is 5.51. The lowest BCUT2D eigenvalue weighted by Crippen LogP contribution is -2.35. The minimum Gasteiger partial charge on any atom is -0.237 e. The van der Waals surface area contributed by atoms with Crippen LogP contribution in [0.5, 0.6) is 0 Å². The summed E-state index contributed by atoms with van der Waals surface area (Å²) in [6.45, 7) is 2.92. The quantitative estimate of drug-likeness (QED) is 0.654. The van der Waals surface area contributed by atoms with Crippen molar-refractivity contribution in [3.63, 3.8) is 0 Å². The molecule has 2 aromatic heterocycles. The van der Waals surface area contributed by atoms with Crippen molar-refractivity contribution in [2.24, 2.45) is 0 Å². The van der Waals surface area contributed by atoms with Crippen LogP contribution in [0.25, 0.3) is 11.4 Å². The van der Waals surface area contributed by atoms with Crippen molar-refractivity contribution in [1.29, 1.82) is 0 Å². The molecule has 0 amide bonds. The lowest BCUT2D eigenvalue weighted by molar-refractivity contribution is -0.750. The van der Waals surface area contributed by atoms with E-state index in [0.717, 1.165) is 12.1 Å². The van der Waals surface area contributed by atoms with Crippen LogP contribution in [0.1, 0.15) is 6.92 Å². The fourth-order valence-electron chi connectivity index (χ4n) is 1.15. The van der Waals surface area contributed by atoms with Gasteiger partial charge in [0.1, 0.15) is 6.20 Å². The summed E-state index contributed by atoms with van der Waals surface area (Å²) in [6.07, 6.45) is 7.15. The van der Waals surface area contributed by atoms with Crippen LogP contribution in [0.4, 0.5) is 0 Å². The Labute approximate surface area is 82.3 Å². The van der Waals surface area contributed by atoms with E-state index >= 15 is 0 Å². The van der Waals surface area contributed by atoms with E-state index in [9.17, 15) is 0 Å². The van der Waals surface area contributed by atoms with Gasteiger partial charge in [-0.15, -0.1) is 0 Å². The Morgan fingerprint density at radius 1 is 1.29 bits per heavy atom. The van der Waals surface area contributed by atoms with E-state index in [-0.39, 0.29) is 0 Å². The Balaban J connectivity index is 2.34. The number of aromatic nitrogens is 4. The van der Waals surface area contributed by atoms with Crippen LogP contribution >= 0.6 is 0 Å². The summed E-state index contributed by atoms with van der Waals surface area (Å²) >= 11 is 0. The average molecular weight is 187 g/mol. The SMILES string of the molecule is CC[n+]1ccc(-c2ncccn2)cn1. The van der Waals surface area contributed by atoms with Crippen molar-refractivity contribution >= 4 is 0 Å². The molecule has 4 heteroatoms. The van der Waals surface area contributed by atoms with Gasteiger partial charge >= 0.3 is 0 Å². The van der Waals surface area contributed by atoms with Crippen molar-refractivity contribution in [1.82, 2.24) is 15.1 Å². The monoisotopic (exact) mass is 187 g/mol. The second-order valence-electron chi connectivity index (χ2n) is 2.84. The zero-order valence-electron chi connectivity index (χ0n) is 7.96. The largest absolute Gasteiger partial charge is 0.237 e. The molecule has 0 saturated carbocycles. The highest BCUT2D eigenvalue weighted by Crippen LogP contribution is 2.08. The minimum absolute atomic E-state index is 0.711. The molecule has 2 rings (SSSR count). The summed E-state index contributed by atoms with van der Waals surface area (Å²) < 4.78 is 1.85. The zero-order chi connectivity index (χ0) is 9.80. The van der Waals surface area contributed by atoms with Crippen molar-refractivity contribution in [3.8, 4) is 11.4 Å². The van der Waals surface area contributed by atoms with Crippen LogP contribution in [0.15, 0.2) is 36.9 Å². The van der Waals surface area contributed by atoms with Gasteiger partial charge in [-0.2, -0.15) is 0 Å². The molecule has 2 aromatic rings. The molecule has 0 aromatic carbocycles. The summed E-state index contributed by atoms with van der Waals surface area (Å²) in [5.74, 6) is 0.711. The van der Waals surface area contributed by atoms with Gasteiger partial charge in [0.2, 0.25) is 0 Å². The third-order valence-corrected chi connectivity index (χ3v) is 1.92. The lowest BCUT2D eigenvalue weighted by atomic mass is 10.3. The first-order valence-electron chi connectivity index (χ1n) is 4.53. The first-order valence-corrected chi connectivity index (χ1v) is 4.53. The molecule has 0 aliphatic heterocycles. The van der Waals surface area contributed by atoms with E-state index in [1.807, 2.05) is 23.9 Å².